The summed E-state index contributed by atoms with van der Waals surface area (Å²) in [6.45, 7) is 2.22. The van der Waals surface area contributed by atoms with Gasteiger partial charge in [0, 0.05) is 27.3 Å². The second-order valence-corrected chi connectivity index (χ2v) is 8.47. The van der Waals surface area contributed by atoms with E-state index in [9.17, 15) is 13.2 Å². The first kappa shape index (κ1) is 15.8. The third-order valence-electron chi connectivity index (χ3n) is 3.61. The third kappa shape index (κ3) is 3.54. The van der Waals surface area contributed by atoms with Crippen LogP contribution in [0, 0.1) is 12.8 Å². The van der Waals surface area contributed by atoms with E-state index in [-0.39, 0.29) is 10.8 Å². The van der Waals surface area contributed by atoms with E-state index in [1.54, 1.807) is 13.0 Å². The van der Waals surface area contributed by atoms with E-state index >= 15 is 0 Å². The first-order valence-electron chi connectivity index (χ1n) is 6.32. The number of halogens is 2. The van der Waals surface area contributed by atoms with Gasteiger partial charge in [0.1, 0.15) is 0 Å². The highest BCUT2D eigenvalue weighted by Gasteiger charge is 2.22. The van der Waals surface area contributed by atoms with Gasteiger partial charge in [0.25, 0.3) is 15.0 Å². The van der Waals surface area contributed by atoms with Crippen LogP contribution in [-0.4, -0.2) is 20.9 Å². The predicted molar refractivity (Wildman–Crippen MR) is 81.6 cm³/mol. The molecule has 1 fully saturated rings. The normalized spacial score (nSPS) is 15.8. The molecule has 0 atom stereocenters. The van der Waals surface area contributed by atoms with E-state index in [0.717, 1.165) is 12.8 Å². The van der Waals surface area contributed by atoms with E-state index in [2.05, 4.69) is 21.2 Å². The zero-order valence-electron chi connectivity index (χ0n) is 10.9. The van der Waals surface area contributed by atoms with Crippen molar-refractivity contribution in [3.05, 3.63) is 27.7 Å². The first-order valence-corrected chi connectivity index (χ1v) is 9.42. The van der Waals surface area contributed by atoms with Crippen LogP contribution in [0.15, 0.2) is 21.5 Å². The number of carbonyl (C=O) groups is 1. The van der Waals surface area contributed by atoms with Crippen molar-refractivity contribution in [1.29, 1.82) is 0 Å². The van der Waals surface area contributed by atoms with Crippen LogP contribution in [0.25, 0.3) is 0 Å². The van der Waals surface area contributed by atoms with Crippen molar-refractivity contribution < 1.29 is 13.2 Å². The van der Waals surface area contributed by atoms with Gasteiger partial charge in [-0.25, -0.2) is 8.42 Å². The molecule has 1 aliphatic rings. The average Bonchev–Trinajstić information content (AvgIpc) is 2.28. The lowest BCUT2D eigenvalue weighted by Gasteiger charge is -2.25. The monoisotopic (exact) mass is 379 g/mol. The van der Waals surface area contributed by atoms with Crippen LogP contribution in [0.4, 0.5) is 0 Å². The Labute approximate surface area is 131 Å². The molecule has 0 spiro atoms. The van der Waals surface area contributed by atoms with Gasteiger partial charge in [0.05, 0.1) is 4.90 Å². The fourth-order valence-electron chi connectivity index (χ4n) is 2.17. The summed E-state index contributed by atoms with van der Waals surface area (Å²) < 4.78 is 23.5. The second kappa shape index (κ2) is 6.03. The third-order valence-corrected chi connectivity index (χ3v) is 5.51. The summed E-state index contributed by atoms with van der Waals surface area (Å²) in [4.78, 5) is 12.1. The Kier molecular flexibility index (Phi) is 4.76. The van der Waals surface area contributed by atoms with Crippen molar-refractivity contribution in [3.63, 3.8) is 0 Å². The van der Waals surface area contributed by atoms with Gasteiger partial charge < -0.3 is 5.32 Å². The molecular formula is C13H15BrClNO3S. The smallest absolute Gasteiger partial charge is 0.261 e. The fraction of sp³-hybridized carbons (Fsp3) is 0.462. The summed E-state index contributed by atoms with van der Waals surface area (Å²) in [5, 5.41) is 2.85. The van der Waals surface area contributed by atoms with E-state index in [1.807, 2.05) is 0 Å². The van der Waals surface area contributed by atoms with E-state index in [0.29, 0.717) is 28.1 Å². The average molecular weight is 381 g/mol. The van der Waals surface area contributed by atoms with Crippen LogP contribution in [-0.2, 0) is 9.05 Å². The van der Waals surface area contributed by atoms with Crippen molar-refractivity contribution in [3.8, 4) is 0 Å². The van der Waals surface area contributed by atoms with Crippen LogP contribution in [0.1, 0.15) is 35.2 Å². The van der Waals surface area contributed by atoms with Gasteiger partial charge in [0.2, 0.25) is 0 Å². The molecule has 1 aromatic rings. The summed E-state index contributed by atoms with van der Waals surface area (Å²) in [6.07, 6.45) is 3.49. The number of rotatable bonds is 4. The van der Waals surface area contributed by atoms with Gasteiger partial charge in [-0.1, -0.05) is 22.4 Å². The Morgan fingerprint density at radius 1 is 1.45 bits per heavy atom. The highest BCUT2D eigenvalue weighted by Crippen LogP contribution is 2.28. The number of carbonyl (C=O) groups excluding carboxylic acids is 1. The summed E-state index contributed by atoms with van der Waals surface area (Å²) in [5.41, 5.74) is 0.701. The lowest BCUT2D eigenvalue weighted by Crippen LogP contribution is -2.32. The molecule has 1 aromatic carbocycles. The number of amides is 1. The molecule has 1 saturated carbocycles. The van der Waals surface area contributed by atoms with Gasteiger partial charge in [-0.15, -0.1) is 0 Å². The van der Waals surface area contributed by atoms with E-state index in [4.69, 9.17) is 10.7 Å². The lowest BCUT2D eigenvalue weighted by atomic mass is 9.85. The fourth-order valence-corrected chi connectivity index (χ4v) is 4.01. The van der Waals surface area contributed by atoms with Crippen LogP contribution in [0.2, 0.25) is 0 Å². The molecule has 20 heavy (non-hydrogen) atoms. The van der Waals surface area contributed by atoms with Gasteiger partial charge in [-0.05, 0) is 43.4 Å². The quantitative estimate of drug-likeness (QED) is 0.816. The number of benzene rings is 1. The van der Waals surface area contributed by atoms with Crippen LogP contribution < -0.4 is 5.32 Å². The first-order chi connectivity index (χ1) is 9.29. The number of nitrogens with one attached hydrogen (secondary N) is 1. The van der Waals surface area contributed by atoms with Crippen LogP contribution >= 0.6 is 26.6 Å². The highest BCUT2D eigenvalue weighted by atomic mass is 79.9. The zero-order chi connectivity index (χ0) is 14.9. The standard InChI is InChI=1S/C13H15BrClNO3S/c1-8-11(13(17)16-7-9-3-2-4-9)5-10(14)6-12(8)20(15,18)19/h5-6,9H,2-4,7H2,1H3,(H,16,17). The summed E-state index contributed by atoms with van der Waals surface area (Å²) in [7, 11) is 1.52. The molecule has 0 heterocycles. The molecule has 110 valence electrons. The molecule has 0 radical (unpaired) electrons. The zero-order valence-corrected chi connectivity index (χ0v) is 14.1. The molecule has 4 nitrogen and oxygen atoms in total. The Hall–Kier alpha value is -0.590. The topological polar surface area (TPSA) is 63.2 Å². The van der Waals surface area contributed by atoms with Crippen LogP contribution in [0.5, 0.6) is 0 Å². The molecule has 1 amide bonds. The summed E-state index contributed by atoms with van der Waals surface area (Å²) in [5.74, 6) is 0.278. The van der Waals surface area contributed by atoms with Crippen molar-refractivity contribution in [1.82, 2.24) is 5.32 Å². The molecule has 0 aromatic heterocycles. The minimum absolute atomic E-state index is 0.0395. The maximum atomic E-state index is 12.2. The maximum absolute atomic E-state index is 12.2. The SMILES string of the molecule is Cc1c(C(=O)NCC2CCC2)cc(Br)cc1S(=O)(=O)Cl. The van der Waals surface area contributed by atoms with Gasteiger partial charge >= 0.3 is 0 Å². The molecule has 2 rings (SSSR count). The molecule has 0 bridgehead atoms. The molecule has 1 N–H and O–H groups in total. The Morgan fingerprint density at radius 3 is 2.60 bits per heavy atom. The Morgan fingerprint density at radius 2 is 2.10 bits per heavy atom. The molecule has 7 heteroatoms. The Balaban J connectivity index is 2.26. The second-order valence-electron chi connectivity index (χ2n) is 5.02. The van der Waals surface area contributed by atoms with Gasteiger partial charge in [-0.3, -0.25) is 4.79 Å². The minimum atomic E-state index is -3.87. The molecule has 0 unspecified atom stereocenters. The number of hydrogen-bond donors (Lipinski definition) is 1. The van der Waals surface area contributed by atoms with E-state index in [1.165, 1.54) is 12.5 Å². The highest BCUT2D eigenvalue weighted by molar-refractivity contribution is 9.10. The lowest BCUT2D eigenvalue weighted by molar-refractivity contribution is 0.0938. The molecular weight excluding hydrogens is 366 g/mol. The number of hydrogen-bond acceptors (Lipinski definition) is 3. The Bertz CT molecular complexity index is 641. The minimum Gasteiger partial charge on any atom is -0.352 e. The van der Waals surface area contributed by atoms with Gasteiger partial charge in [-0.2, -0.15) is 0 Å². The summed E-state index contributed by atoms with van der Waals surface area (Å²) in [6, 6.07) is 3.01. The predicted octanol–water partition coefficient (Wildman–Crippen LogP) is 3.21. The molecule has 0 aliphatic heterocycles. The summed E-state index contributed by atoms with van der Waals surface area (Å²) >= 11 is 3.21. The van der Waals surface area contributed by atoms with Crippen molar-refractivity contribution in [2.24, 2.45) is 5.92 Å². The maximum Gasteiger partial charge on any atom is 0.261 e. The van der Waals surface area contributed by atoms with Crippen LogP contribution in [0.3, 0.4) is 0 Å². The molecule has 1 aliphatic carbocycles. The molecule has 0 saturated heterocycles. The largest absolute Gasteiger partial charge is 0.352 e. The van der Waals surface area contributed by atoms with Crippen molar-refractivity contribution in [2.45, 2.75) is 31.1 Å². The van der Waals surface area contributed by atoms with Crippen molar-refractivity contribution in [2.75, 3.05) is 6.54 Å². The van der Waals surface area contributed by atoms with Gasteiger partial charge in [0.15, 0.2) is 0 Å². The van der Waals surface area contributed by atoms with Crippen molar-refractivity contribution >= 4 is 41.6 Å². The van der Waals surface area contributed by atoms with E-state index < -0.39 is 9.05 Å².